The second kappa shape index (κ2) is 2.68. The van der Waals surface area contributed by atoms with Gasteiger partial charge in [-0.3, -0.25) is 4.79 Å². The minimum absolute atomic E-state index is 0.159. The Morgan fingerprint density at radius 2 is 2.00 bits per heavy atom. The van der Waals surface area contributed by atoms with Crippen LogP contribution < -0.4 is 5.32 Å². The molecule has 1 aliphatic rings. The first-order chi connectivity index (χ1) is 5.37. The summed E-state index contributed by atoms with van der Waals surface area (Å²) in [5, 5.41) is 2.43. The van der Waals surface area contributed by atoms with E-state index in [1.54, 1.807) is 6.92 Å². The van der Waals surface area contributed by atoms with Crippen LogP contribution in [0.3, 0.4) is 0 Å². The molecule has 1 saturated carbocycles. The van der Waals surface area contributed by atoms with Crippen molar-refractivity contribution >= 4 is 5.91 Å². The number of alkyl halides is 2. The Bertz CT molecular complexity index is 195. The van der Waals surface area contributed by atoms with Crippen molar-refractivity contribution in [3.05, 3.63) is 0 Å². The Balaban J connectivity index is 2.40. The average Bonchev–Trinajstić information content (AvgIpc) is 1.82. The Labute approximate surface area is 70.3 Å². The number of rotatable bonds is 2. The number of halogens is 2. The highest BCUT2D eigenvalue weighted by Gasteiger charge is 2.53. The van der Waals surface area contributed by atoms with Crippen LogP contribution in [0.25, 0.3) is 0 Å². The summed E-state index contributed by atoms with van der Waals surface area (Å²) >= 11 is 0. The zero-order valence-corrected chi connectivity index (χ0v) is 7.29. The van der Waals surface area contributed by atoms with Crippen LogP contribution in [0.1, 0.15) is 26.2 Å². The summed E-state index contributed by atoms with van der Waals surface area (Å²) in [4.78, 5) is 10.9. The first-order valence-electron chi connectivity index (χ1n) is 3.95. The molecule has 1 amide bonds. The molecule has 1 aliphatic carbocycles. The Morgan fingerprint density at radius 3 is 2.33 bits per heavy atom. The predicted octanol–water partition coefficient (Wildman–Crippen LogP) is 1.56. The third kappa shape index (κ3) is 1.93. The zero-order chi connectivity index (χ0) is 9.41. The first-order valence-corrected chi connectivity index (χ1v) is 3.95. The van der Waals surface area contributed by atoms with E-state index in [9.17, 15) is 13.6 Å². The predicted molar refractivity (Wildman–Crippen MR) is 41.0 cm³/mol. The first kappa shape index (κ1) is 9.42. The quantitative estimate of drug-likeness (QED) is 0.681. The van der Waals surface area contributed by atoms with E-state index in [1.165, 1.54) is 7.05 Å². The van der Waals surface area contributed by atoms with Crippen LogP contribution in [0.5, 0.6) is 0 Å². The van der Waals surface area contributed by atoms with E-state index >= 15 is 0 Å². The molecule has 0 atom stereocenters. The van der Waals surface area contributed by atoms with Gasteiger partial charge in [0.1, 0.15) is 0 Å². The van der Waals surface area contributed by atoms with Gasteiger partial charge in [0.15, 0.2) is 0 Å². The summed E-state index contributed by atoms with van der Waals surface area (Å²) in [6, 6.07) is 0. The second-order valence-electron chi connectivity index (χ2n) is 3.87. The van der Waals surface area contributed by atoms with Crippen molar-refractivity contribution in [2.75, 3.05) is 7.05 Å². The van der Waals surface area contributed by atoms with Crippen molar-refractivity contribution in [1.29, 1.82) is 0 Å². The van der Waals surface area contributed by atoms with Gasteiger partial charge in [0.2, 0.25) is 11.8 Å². The number of amides is 1. The van der Waals surface area contributed by atoms with Gasteiger partial charge in [-0.15, -0.1) is 0 Å². The normalized spacial score (nSPS) is 24.3. The number of hydrogen-bond donors (Lipinski definition) is 1. The van der Waals surface area contributed by atoms with Crippen LogP contribution in [-0.2, 0) is 4.79 Å². The van der Waals surface area contributed by atoms with E-state index in [4.69, 9.17) is 0 Å². The lowest BCUT2D eigenvalue weighted by atomic mass is 9.65. The van der Waals surface area contributed by atoms with Gasteiger partial charge in [0.05, 0.1) is 0 Å². The number of nitrogens with one attached hydrogen (secondary N) is 1. The maximum Gasteiger partial charge on any atom is 0.249 e. The van der Waals surface area contributed by atoms with Crippen molar-refractivity contribution in [1.82, 2.24) is 5.32 Å². The molecule has 0 aromatic rings. The molecule has 4 heteroatoms. The minimum Gasteiger partial charge on any atom is -0.359 e. The molecule has 0 aliphatic heterocycles. The maximum absolute atomic E-state index is 12.5. The van der Waals surface area contributed by atoms with Gasteiger partial charge < -0.3 is 5.32 Å². The van der Waals surface area contributed by atoms with Gasteiger partial charge in [-0.05, 0) is 5.41 Å². The lowest BCUT2D eigenvalue weighted by Gasteiger charge is -2.44. The molecule has 0 spiro atoms. The highest BCUT2D eigenvalue weighted by atomic mass is 19.3. The van der Waals surface area contributed by atoms with Crippen LogP contribution >= 0.6 is 0 Å². The monoisotopic (exact) mass is 177 g/mol. The van der Waals surface area contributed by atoms with E-state index in [0.717, 1.165) is 0 Å². The molecule has 0 saturated heterocycles. The smallest absolute Gasteiger partial charge is 0.249 e. The molecule has 0 radical (unpaired) electrons. The van der Waals surface area contributed by atoms with Gasteiger partial charge in [0, 0.05) is 26.3 Å². The van der Waals surface area contributed by atoms with Crippen LogP contribution in [-0.4, -0.2) is 18.9 Å². The fourth-order valence-electron chi connectivity index (χ4n) is 1.80. The molecule has 12 heavy (non-hydrogen) atoms. The van der Waals surface area contributed by atoms with Crippen LogP contribution in [0.4, 0.5) is 8.78 Å². The lowest BCUT2D eigenvalue weighted by Crippen LogP contribution is -2.46. The second-order valence-corrected chi connectivity index (χ2v) is 3.87. The van der Waals surface area contributed by atoms with E-state index in [1.807, 2.05) is 0 Å². The summed E-state index contributed by atoms with van der Waals surface area (Å²) in [5.74, 6) is -2.70. The highest BCUT2D eigenvalue weighted by Crippen LogP contribution is 2.53. The van der Waals surface area contributed by atoms with Crippen molar-refractivity contribution in [2.45, 2.75) is 32.1 Å². The summed E-state index contributed by atoms with van der Waals surface area (Å²) in [6.07, 6.45) is -0.111. The lowest BCUT2D eigenvalue weighted by molar-refractivity contribution is -0.161. The van der Waals surface area contributed by atoms with Crippen molar-refractivity contribution < 1.29 is 13.6 Å². The summed E-state index contributed by atoms with van der Waals surface area (Å²) in [6.45, 7) is 1.72. The van der Waals surface area contributed by atoms with Gasteiger partial charge >= 0.3 is 0 Å². The van der Waals surface area contributed by atoms with Crippen LogP contribution in [0.15, 0.2) is 0 Å². The Morgan fingerprint density at radius 1 is 1.50 bits per heavy atom. The van der Waals surface area contributed by atoms with Crippen molar-refractivity contribution in [3.8, 4) is 0 Å². The number of carbonyl (C=O) groups excluding carboxylic acids is 1. The standard InChI is InChI=1S/C8H13F2NO/c1-7(3-6(12)11-2)4-8(9,10)5-7/h3-5H2,1-2H3,(H,11,12). The molecular weight excluding hydrogens is 164 g/mol. The molecule has 0 aromatic carbocycles. The number of hydrogen-bond acceptors (Lipinski definition) is 1. The van der Waals surface area contributed by atoms with E-state index < -0.39 is 11.3 Å². The molecule has 2 nitrogen and oxygen atoms in total. The molecule has 70 valence electrons. The van der Waals surface area contributed by atoms with Crippen LogP contribution in [0, 0.1) is 5.41 Å². The van der Waals surface area contributed by atoms with Gasteiger partial charge in [-0.1, -0.05) is 6.92 Å². The molecule has 0 bridgehead atoms. The van der Waals surface area contributed by atoms with Gasteiger partial charge in [-0.2, -0.15) is 0 Å². The van der Waals surface area contributed by atoms with E-state index in [0.29, 0.717) is 0 Å². The number of carbonyl (C=O) groups is 1. The summed E-state index contributed by atoms with van der Waals surface area (Å²) in [5.41, 5.74) is -0.483. The summed E-state index contributed by atoms with van der Waals surface area (Å²) in [7, 11) is 1.52. The zero-order valence-electron chi connectivity index (χ0n) is 7.29. The Hall–Kier alpha value is -0.670. The fourth-order valence-corrected chi connectivity index (χ4v) is 1.80. The fraction of sp³-hybridized carbons (Fsp3) is 0.875. The SMILES string of the molecule is CNC(=O)CC1(C)CC(F)(F)C1. The van der Waals surface area contributed by atoms with Gasteiger partial charge in [-0.25, -0.2) is 8.78 Å². The van der Waals surface area contributed by atoms with Gasteiger partial charge in [0.25, 0.3) is 0 Å². The van der Waals surface area contributed by atoms with E-state index in [-0.39, 0.29) is 25.2 Å². The Kier molecular flexibility index (Phi) is 2.10. The van der Waals surface area contributed by atoms with Crippen LogP contribution in [0.2, 0.25) is 0 Å². The topological polar surface area (TPSA) is 29.1 Å². The van der Waals surface area contributed by atoms with Crippen molar-refractivity contribution in [2.24, 2.45) is 5.41 Å². The largest absolute Gasteiger partial charge is 0.359 e. The highest BCUT2D eigenvalue weighted by molar-refractivity contribution is 5.76. The van der Waals surface area contributed by atoms with Crippen molar-refractivity contribution in [3.63, 3.8) is 0 Å². The average molecular weight is 177 g/mol. The summed E-state index contributed by atoms with van der Waals surface area (Å²) < 4.78 is 24.9. The molecule has 1 fully saturated rings. The molecule has 1 N–H and O–H groups in total. The maximum atomic E-state index is 12.5. The molecule has 0 heterocycles. The van der Waals surface area contributed by atoms with E-state index in [2.05, 4.69) is 5.32 Å². The molecule has 0 aromatic heterocycles. The third-order valence-corrected chi connectivity index (χ3v) is 2.24. The molecular formula is C8H13F2NO. The molecule has 0 unspecified atom stereocenters. The minimum atomic E-state index is -2.54. The third-order valence-electron chi connectivity index (χ3n) is 2.24. The molecule has 1 rings (SSSR count).